The van der Waals surface area contributed by atoms with E-state index in [-0.39, 0.29) is 0 Å². The van der Waals surface area contributed by atoms with E-state index in [0.717, 1.165) is 11.8 Å². The Morgan fingerprint density at radius 2 is 1.03 bits per heavy atom. The quantitative estimate of drug-likeness (QED) is 0.376. The van der Waals surface area contributed by atoms with Crippen LogP contribution in [0.4, 0.5) is 0 Å². The topological polar surface area (TPSA) is 0 Å². The summed E-state index contributed by atoms with van der Waals surface area (Å²) in [7, 11) is -2.15. The first-order valence-corrected chi connectivity index (χ1v) is 14.0. The van der Waals surface area contributed by atoms with Crippen molar-refractivity contribution in [1.29, 1.82) is 0 Å². The van der Waals surface area contributed by atoms with Crippen LogP contribution in [0.25, 0.3) is 0 Å². The molecule has 1 fully saturated rings. The molecule has 0 N–H and O–H groups in total. The van der Waals surface area contributed by atoms with E-state index in [1.807, 2.05) is 0 Å². The van der Waals surface area contributed by atoms with E-state index in [9.17, 15) is 0 Å². The van der Waals surface area contributed by atoms with Gasteiger partial charge in [-0.25, -0.2) is 0 Å². The maximum absolute atomic E-state index is 2.55. The Hall–Kier alpha value is -1.91. The summed E-state index contributed by atoms with van der Waals surface area (Å²) >= 11 is 0. The summed E-state index contributed by atoms with van der Waals surface area (Å²) in [5.41, 5.74) is 0.640. The number of hydrogen-bond donors (Lipinski definition) is 0. The molecular formula is C29H37P. The van der Waals surface area contributed by atoms with Gasteiger partial charge in [0.1, 0.15) is 0 Å². The summed E-state index contributed by atoms with van der Waals surface area (Å²) in [4.78, 5) is 0. The van der Waals surface area contributed by atoms with Crippen molar-refractivity contribution < 1.29 is 0 Å². The second kappa shape index (κ2) is 9.93. The van der Waals surface area contributed by atoms with Gasteiger partial charge in [0.25, 0.3) is 0 Å². The molecule has 0 amide bonds. The van der Waals surface area contributed by atoms with E-state index in [0.29, 0.717) is 5.66 Å². The Balaban J connectivity index is 1.82. The van der Waals surface area contributed by atoms with Gasteiger partial charge in [-0.1, -0.05) is 0 Å². The fourth-order valence-corrected chi connectivity index (χ4v) is 11.7. The van der Waals surface area contributed by atoms with Gasteiger partial charge in [0.05, 0.1) is 0 Å². The number of benzene rings is 3. The van der Waals surface area contributed by atoms with Crippen LogP contribution in [-0.4, -0.2) is 5.66 Å². The average Bonchev–Trinajstić information content (AvgIpc) is 2.82. The number of hydrogen-bond acceptors (Lipinski definition) is 0. The molecule has 1 heteroatoms. The van der Waals surface area contributed by atoms with Gasteiger partial charge in [0.2, 0.25) is 0 Å². The zero-order chi connectivity index (χ0) is 20.8. The molecule has 0 saturated heterocycles. The van der Waals surface area contributed by atoms with Crippen LogP contribution in [0.2, 0.25) is 0 Å². The van der Waals surface area contributed by atoms with E-state index >= 15 is 0 Å². The Kier molecular flexibility index (Phi) is 7.06. The van der Waals surface area contributed by atoms with Gasteiger partial charge in [-0.2, -0.15) is 0 Å². The summed E-state index contributed by atoms with van der Waals surface area (Å²) in [6.07, 6.45) is 8.49. The molecule has 0 aromatic heterocycles. The molecule has 0 aliphatic heterocycles. The standard InChI is InChI=1S/C29H37P/c1-24(26-15-7-3-8-16-26)23-25(2)30(27-17-9-4-10-18-27,28-19-11-5-12-20-28)29-21-13-6-14-22-29/h4-6,9-14,17-22,24-26,30H,3,7-8,15-16,23H2,1-2H3. The molecule has 0 heterocycles. The second-order valence-electron chi connectivity index (χ2n) is 9.42. The van der Waals surface area contributed by atoms with Crippen molar-refractivity contribution in [2.75, 3.05) is 0 Å². The predicted octanol–water partition coefficient (Wildman–Crippen LogP) is 6.71. The van der Waals surface area contributed by atoms with Crippen LogP contribution in [0, 0.1) is 11.8 Å². The molecule has 1 aliphatic carbocycles. The molecule has 0 bridgehead atoms. The zero-order valence-corrected chi connectivity index (χ0v) is 19.6. The van der Waals surface area contributed by atoms with Crippen LogP contribution in [-0.2, 0) is 0 Å². The Bertz CT molecular complexity index is 785. The summed E-state index contributed by atoms with van der Waals surface area (Å²) in [5, 5.41) is 4.64. The van der Waals surface area contributed by atoms with Gasteiger partial charge in [-0.15, -0.1) is 0 Å². The van der Waals surface area contributed by atoms with Crippen molar-refractivity contribution in [2.24, 2.45) is 11.8 Å². The summed E-state index contributed by atoms with van der Waals surface area (Å²) in [6.45, 7) is 5.09. The van der Waals surface area contributed by atoms with Crippen LogP contribution >= 0.6 is 7.26 Å². The normalized spacial score (nSPS) is 17.9. The van der Waals surface area contributed by atoms with Crippen LogP contribution in [0.3, 0.4) is 0 Å². The van der Waals surface area contributed by atoms with E-state index in [1.54, 1.807) is 15.9 Å². The van der Waals surface area contributed by atoms with Crippen molar-refractivity contribution in [3.63, 3.8) is 0 Å². The molecule has 158 valence electrons. The number of rotatable bonds is 7. The third-order valence-corrected chi connectivity index (χ3v) is 13.1. The Morgan fingerprint density at radius 3 is 1.43 bits per heavy atom. The van der Waals surface area contributed by atoms with Crippen molar-refractivity contribution in [3.05, 3.63) is 91.0 Å². The SMILES string of the molecule is CC(CC(C)[PH](c1ccccc1)(c1ccccc1)c1ccccc1)C1CCCCC1. The van der Waals surface area contributed by atoms with Crippen LogP contribution < -0.4 is 15.9 Å². The third-order valence-electron chi connectivity index (χ3n) is 7.61. The maximum atomic E-state index is 2.55. The Morgan fingerprint density at radius 1 is 0.633 bits per heavy atom. The average molecular weight is 417 g/mol. The van der Waals surface area contributed by atoms with Crippen molar-refractivity contribution in [1.82, 2.24) is 0 Å². The summed E-state index contributed by atoms with van der Waals surface area (Å²) < 4.78 is 0. The summed E-state index contributed by atoms with van der Waals surface area (Å²) in [6, 6.07) is 34.3. The van der Waals surface area contributed by atoms with Gasteiger partial charge >= 0.3 is 184 Å². The van der Waals surface area contributed by atoms with Gasteiger partial charge in [-0.05, 0) is 0 Å². The molecule has 2 unspecified atom stereocenters. The molecule has 0 nitrogen and oxygen atoms in total. The minimum atomic E-state index is -2.15. The Labute approximate surface area is 184 Å². The fraction of sp³-hybridized carbons (Fsp3) is 0.379. The monoisotopic (exact) mass is 416 g/mol. The van der Waals surface area contributed by atoms with Crippen molar-refractivity contribution in [2.45, 2.75) is 58.0 Å². The van der Waals surface area contributed by atoms with Gasteiger partial charge < -0.3 is 0 Å². The molecule has 3 aromatic rings. The van der Waals surface area contributed by atoms with Crippen molar-refractivity contribution in [3.8, 4) is 0 Å². The van der Waals surface area contributed by atoms with Crippen LogP contribution in [0.15, 0.2) is 91.0 Å². The fourth-order valence-electron chi connectivity index (χ4n) is 6.09. The molecule has 1 saturated carbocycles. The van der Waals surface area contributed by atoms with Crippen LogP contribution in [0.5, 0.6) is 0 Å². The molecule has 0 radical (unpaired) electrons. The van der Waals surface area contributed by atoms with Crippen LogP contribution in [0.1, 0.15) is 52.4 Å². The molecular weight excluding hydrogens is 379 g/mol. The van der Waals surface area contributed by atoms with E-state index < -0.39 is 7.26 Å². The molecule has 1 aliphatic rings. The van der Waals surface area contributed by atoms with Gasteiger partial charge in [0, 0.05) is 0 Å². The van der Waals surface area contributed by atoms with Gasteiger partial charge in [0.15, 0.2) is 0 Å². The minimum absolute atomic E-state index is 0.640. The molecule has 4 rings (SSSR count). The first-order chi connectivity index (χ1) is 14.7. The molecule has 2 atom stereocenters. The second-order valence-corrected chi connectivity index (χ2v) is 13.8. The molecule has 0 spiro atoms. The predicted molar refractivity (Wildman–Crippen MR) is 136 cm³/mol. The van der Waals surface area contributed by atoms with E-state index in [2.05, 4.69) is 105 Å². The molecule has 3 aromatic carbocycles. The summed E-state index contributed by atoms with van der Waals surface area (Å²) in [5.74, 6) is 1.71. The van der Waals surface area contributed by atoms with E-state index in [1.165, 1.54) is 38.5 Å². The zero-order valence-electron chi connectivity index (χ0n) is 18.6. The first kappa shape index (κ1) is 21.3. The third kappa shape index (κ3) is 4.26. The molecule has 30 heavy (non-hydrogen) atoms. The van der Waals surface area contributed by atoms with Crippen molar-refractivity contribution >= 4 is 23.2 Å². The van der Waals surface area contributed by atoms with E-state index in [4.69, 9.17) is 0 Å². The van der Waals surface area contributed by atoms with Gasteiger partial charge in [-0.3, -0.25) is 0 Å². The first-order valence-electron chi connectivity index (χ1n) is 11.9.